The number of benzene rings is 1. The number of hydrogen-bond acceptors (Lipinski definition) is 4. The van der Waals surface area contributed by atoms with E-state index in [2.05, 4.69) is 0 Å². The van der Waals surface area contributed by atoms with Gasteiger partial charge in [0.25, 0.3) is 0 Å². The van der Waals surface area contributed by atoms with Gasteiger partial charge in [-0.3, -0.25) is 15.3 Å². The van der Waals surface area contributed by atoms with Crippen LogP contribution in [0.3, 0.4) is 0 Å². The lowest BCUT2D eigenvalue weighted by Gasteiger charge is -1.96. The zero-order valence-corrected chi connectivity index (χ0v) is 8.68. The minimum absolute atomic E-state index is 0.461. The van der Waals surface area contributed by atoms with Gasteiger partial charge in [-0.2, -0.15) is 4.39 Å². The van der Waals surface area contributed by atoms with Gasteiger partial charge in [0.2, 0.25) is 5.82 Å². The predicted octanol–water partition coefficient (Wildman–Crippen LogP) is 2.73. The van der Waals surface area contributed by atoms with E-state index in [-0.39, 0.29) is 0 Å². The van der Waals surface area contributed by atoms with Crippen molar-refractivity contribution in [3.8, 4) is 0 Å². The van der Waals surface area contributed by atoms with Crippen molar-refractivity contribution >= 4 is 17.6 Å². The minimum atomic E-state index is -0.849. The smallest absolute Gasteiger partial charge is 0.274 e. The van der Waals surface area contributed by atoms with Crippen LogP contribution in [0.4, 0.5) is 10.1 Å². The van der Waals surface area contributed by atoms with Crippen LogP contribution in [0, 0.1) is 15.9 Å². The number of nitrogens with zero attached hydrogens (tertiary/aromatic N) is 1. The Kier molecular flexibility index (Phi) is 5.82. The Balaban J connectivity index is 0.000000791. The molecule has 0 aliphatic heterocycles. The summed E-state index contributed by atoms with van der Waals surface area (Å²) in [4.78, 5) is 9.88. The molecule has 4 nitrogen and oxygen atoms in total. The van der Waals surface area contributed by atoms with Crippen LogP contribution in [0.15, 0.2) is 23.1 Å². The van der Waals surface area contributed by atoms with Crippen molar-refractivity contribution in [1.29, 1.82) is 0 Å². The average molecular weight is 218 g/mol. The largest absolute Gasteiger partial charge is 0.305 e. The number of hydrogen-bond donors (Lipinski definition) is 1. The van der Waals surface area contributed by atoms with Gasteiger partial charge in [-0.05, 0) is 24.1 Å². The standard InChI is InChI=1S/C6H5FN2O2S.C2H6/c7-5-2-1-4(12-8)3-6(5)9(10)11;1-2/h1-3H,8H2;1-2H3. The first-order chi connectivity index (χ1) is 6.65. The monoisotopic (exact) mass is 218 g/mol. The lowest BCUT2D eigenvalue weighted by Crippen LogP contribution is -1.92. The van der Waals surface area contributed by atoms with E-state index in [0.29, 0.717) is 4.90 Å². The third-order valence-electron chi connectivity index (χ3n) is 1.25. The van der Waals surface area contributed by atoms with Crippen molar-refractivity contribution in [2.24, 2.45) is 5.14 Å². The van der Waals surface area contributed by atoms with Gasteiger partial charge in [-0.15, -0.1) is 0 Å². The van der Waals surface area contributed by atoms with Crippen molar-refractivity contribution in [2.45, 2.75) is 18.7 Å². The molecule has 0 aliphatic rings. The molecule has 0 radical (unpaired) electrons. The second-order valence-electron chi connectivity index (χ2n) is 1.99. The molecule has 0 atom stereocenters. The number of halogens is 1. The normalized spacial score (nSPS) is 8.86. The highest BCUT2D eigenvalue weighted by molar-refractivity contribution is 7.97. The molecule has 0 unspecified atom stereocenters. The first-order valence-electron chi connectivity index (χ1n) is 3.96. The predicted molar refractivity (Wildman–Crippen MR) is 54.4 cm³/mol. The summed E-state index contributed by atoms with van der Waals surface area (Å²) in [6.07, 6.45) is 0. The topological polar surface area (TPSA) is 69.2 Å². The Morgan fingerprint density at radius 3 is 2.50 bits per heavy atom. The van der Waals surface area contributed by atoms with Crippen molar-refractivity contribution < 1.29 is 9.31 Å². The summed E-state index contributed by atoms with van der Waals surface area (Å²) in [6.45, 7) is 4.00. The van der Waals surface area contributed by atoms with Crippen LogP contribution in [0.1, 0.15) is 13.8 Å². The quantitative estimate of drug-likeness (QED) is 0.470. The Morgan fingerprint density at radius 2 is 2.07 bits per heavy atom. The van der Waals surface area contributed by atoms with E-state index in [9.17, 15) is 14.5 Å². The van der Waals surface area contributed by atoms with Crippen molar-refractivity contribution in [2.75, 3.05) is 0 Å². The minimum Gasteiger partial charge on any atom is -0.274 e. The molecule has 1 rings (SSSR count). The fraction of sp³-hybridized carbons (Fsp3) is 0.250. The molecular formula is C8H11FN2O2S. The molecule has 78 valence electrons. The van der Waals surface area contributed by atoms with Gasteiger partial charge in [-0.25, -0.2) is 0 Å². The molecule has 0 heterocycles. The van der Waals surface area contributed by atoms with Crippen LogP contribution in [-0.2, 0) is 0 Å². The summed E-state index contributed by atoms with van der Waals surface area (Å²) in [7, 11) is 0. The van der Waals surface area contributed by atoms with E-state index in [1.54, 1.807) is 0 Å². The third kappa shape index (κ3) is 3.31. The molecule has 1 aromatic carbocycles. The van der Waals surface area contributed by atoms with E-state index in [1.807, 2.05) is 13.8 Å². The fourth-order valence-corrected chi connectivity index (χ4v) is 1.03. The molecule has 0 bridgehead atoms. The van der Waals surface area contributed by atoms with Gasteiger partial charge in [0.05, 0.1) is 4.92 Å². The highest BCUT2D eigenvalue weighted by atomic mass is 32.2. The number of rotatable bonds is 2. The van der Waals surface area contributed by atoms with Gasteiger partial charge in [0.1, 0.15) is 0 Å². The van der Waals surface area contributed by atoms with Crippen LogP contribution in [0.2, 0.25) is 0 Å². The summed E-state index contributed by atoms with van der Waals surface area (Å²) < 4.78 is 12.7. The first kappa shape index (κ1) is 12.9. The zero-order valence-electron chi connectivity index (χ0n) is 7.86. The van der Waals surface area contributed by atoms with Gasteiger partial charge >= 0.3 is 5.69 Å². The SMILES string of the molecule is CC.NSc1ccc(F)c([N+](=O)[O-])c1. The first-order valence-corrected chi connectivity index (χ1v) is 4.84. The molecule has 1 aromatic rings. The molecular weight excluding hydrogens is 207 g/mol. The molecule has 0 saturated carbocycles. The van der Waals surface area contributed by atoms with Crippen molar-refractivity contribution in [3.05, 3.63) is 34.1 Å². The molecule has 2 N–H and O–H groups in total. The summed E-state index contributed by atoms with van der Waals surface area (Å²) >= 11 is 0.838. The second-order valence-corrected chi connectivity index (χ2v) is 2.70. The molecule has 0 saturated heterocycles. The number of nitro groups is 1. The summed E-state index contributed by atoms with van der Waals surface area (Å²) in [5, 5.41) is 15.3. The van der Waals surface area contributed by atoms with E-state index in [1.165, 1.54) is 6.07 Å². The number of nitrogens with two attached hydrogens (primary N) is 1. The number of nitro benzene ring substituents is 1. The van der Waals surface area contributed by atoms with E-state index < -0.39 is 16.4 Å². The second kappa shape index (κ2) is 6.33. The molecule has 14 heavy (non-hydrogen) atoms. The lowest BCUT2D eigenvalue weighted by molar-refractivity contribution is -0.387. The lowest BCUT2D eigenvalue weighted by atomic mass is 10.3. The molecule has 0 aromatic heterocycles. The average Bonchev–Trinajstić information content (AvgIpc) is 2.21. The Morgan fingerprint density at radius 1 is 1.50 bits per heavy atom. The maximum absolute atomic E-state index is 12.7. The molecule has 0 aliphatic carbocycles. The van der Waals surface area contributed by atoms with E-state index in [0.717, 1.165) is 24.1 Å². The highest BCUT2D eigenvalue weighted by Crippen LogP contribution is 2.22. The molecule has 6 heteroatoms. The summed E-state index contributed by atoms with van der Waals surface area (Å²) in [6, 6.07) is 3.50. The van der Waals surface area contributed by atoms with Crippen LogP contribution < -0.4 is 5.14 Å². The molecule has 0 spiro atoms. The fourth-order valence-electron chi connectivity index (χ4n) is 0.706. The van der Waals surface area contributed by atoms with Crippen LogP contribution in [-0.4, -0.2) is 4.92 Å². The van der Waals surface area contributed by atoms with Gasteiger partial charge in [-0.1, -0.05) is 13.8 Å². The summed E-state index contributed by atoms with van der Waals surface area (Å²) in [5.41, 5.74) is -0.551. The maximum Gasteiger partial charge on any atom is 0.305 e. The third-order valence-corrected chi connectivity index (χ3v) is 1.78. The Labute approximate surface area is 85.6 Å². The Bertz CT molecular complexity index is 320. The van der Waals surface area contributed by atoms with Crippen LogP contribution in [0.5, 0.6) is 0 Å². The summed E-state index contributed by atoms with van der Waals surface area (Å²) in [5.74, 6) is -0.849. The zero-order chi connectivity index (χ0) is 11.1. The van der Waals surface area contributed by atoms with E-state index >= 15 is 0 Å². The van der Waals surface area contributed by atoms with Gasteiger partial charge in [0, 0.05) is 11.0 Å². The van der Waals surface area contributed by atoms with Crippen LogP contribution >= 0.6 is 11.9 Å². The Hall–Kier alpha value is -1.14. The molecule has 0 amide bonds. The van der Waals surface area contributed by atoms with Gasteiger partial charge < -0.3 is 0 Å². The van der Waals surface area contributed by atoms with E-state index in [4.69, 9.17) is 5.14 Å². The molecule has 0 fully saturated rings. The van der Waals surface area contributed by atoms with Gasteiger partial charge in [0.15, 0.2) is 0 Å². The highest BCUT2D eigenvalue weighted by Gasteiger charge is 2.13. The maximum atomic E-state index is 12.7. The van der Waals surface area contributed by atoms with Crippen molar-refractivity contribution in [3.63, 3.8) is 0 Å². The van der Waals surface area contributed by atoms with Crippen LogP contribution in [0.25, 0.3) is 0 Å². The van der Waals surface area contributed by atoms with Crippen molar-refractivity contribution in [1.82, 2.24) is 0 Å².